The summed E-state index contributed by atoms with van der Waals surface area (Å²) in [5.74, 6) is 1.01. The molecule has 0 aromatic rings. The minimum atomic E-state index is -3.08. The van der Waals surface area contributed by atoms with E-state index in [-0.39, 0.29) is 10.9 Å². The first-order valence-electron chi connectivity index (χ1n) is 6.85. The minimum Gasteiger partial charge on any atom is -0.392 e. The predicted octanol–water partition coefficient (Wildman–Crippen LogP) is 1.94. The molecule has 0 bridgehead atoms. The van der Waals surface area contributed by atoms with E-state index in [1.807, 2.05) is 0 Å². The van der Waals surface area contributed by atoms with Gasteiger partial charge in [-0.15, -0.1) is 0 Å². The van der Waals surface area contributed by atoms with Crippen molar-refractivity contribution >= 4 is 21.8 Å². The topological polar surface area (TPSA) is 57.6 Å². The molecule has 0 spiro atoms. The summed E-state index contributed by atoms with van der Waals surface area (Å²) < 4.78 is 24.8. The van der Waals surface area contributed by atoms with Crippen molar-refractivity contribution in [1.82, 2.24) is 4.31 Å². The zero-order chi connectivity index (χ0) is 14.7. The zero-order valence-corrected chi connectivity index (χ0v) is 14.1. The molecule has 0 aromatic heterocycles. The van der Waals surface area contributed by atoms with Crippen molar-refractivity contribution in [1.29, 1.82) is 0 Å². The van der Waals surface area contributed by atoms with E-state index in [1.165, 1.54) is 6.26 Å². The van der Waals surface area contributed by atoms with Crippen LogP contribution in [0.3, 0.4) is 0 Å². The molecule has 1 rings (SSSR count). The molecule has 1 aliphatic heterocycles. The Balaban J connectivity index is 2.40. The Morgan fingerprint density at radius 2 is 2.05 bits per heavy atom. The lowest BCUT2D eigenvalue weighted by molar-refractivity contribution is 0.140. The third-order valence-corrected chi connectivity index (χ3v) is 5.95. The third-order valence-electron chi connectivity index (χ3n) is 3.26. The Morgan fingerprint density at radius 3 is 2.58 bits per heavy atom. The second-order valence-corrected chi connectivity index (χ2v) is 10.3. The molecule has 0 aromatic carbocycles. The maximum atomic E-state index is 11.5. The average molecular weight is 309 g/mol. The maximum absolute atomic E-state index is 11.5. The highest BCUT2D eigenvalue weighted by Crippen LogP contribution is 2.27. The van der Waals surface area contributed by atoms with Crippen LogP contribution in [0.1, 0.15) is 40.0 Å². The van der Waals surface area contributed by atoms with Crippen LogP contribution in [0.15, 0.2) is 0 Å². The van der Waals surface area contributed by atoms with E-state index >= 15 is 0 Å². The SMILES string of the molecule is CC(C)(C)SCC(O)CC1CCCN(S(C)(=O)=O)C1. The first kappa shape index (κ1) is 17.3. The van der Waals surface area contributed by atoms with Crippen molar-refractivity contribution in [3.05, 3.63) is 0 Å². The molecule has 6 heteroatoms. The number of rotatable bonds is 5. The lowest BCUT2D eigenvalue weighted by Crippen LogP contribution is -2.40. The molecule has 1 N–H and O–H groups in total. The number of sulfonamides is 1. The molecular formula is C13H27NO3S2. The summed E-state index contributed by atoms with van der Waals surface area (Å²) in [7, 11) is -3.08. The highest BCUT2D eigenvalue weighted by Gasteiger charge is 2.27. The van der Waals surface area contributed by atoms with Crippen molar-refractivity contribution in [2.75, 3.05) is 25.1 Å². The van der Waals surface area contributed by atoms with Crippen LogP contribution in [0.4, 0.5) is 0 Å². The summed E-state index contributed by atoms with van der Waals surface area (Å²) in [6.45, 7) is 7.60. The molecule has 114 valence electrons. The lowest BCUT2D eigenvalue weighted by Gasteiger charge is -2.32. The van der Waals surface area contributed by atoms with Gasteiger partial charge in [-0.3, -0.25) is 0 Å². The molecule has 1 aliphatic rings. The number of aliphatic hydroxyl groups excluding tert-OH is 1. The highest BCUT2D eigenvalue weighted by atomic mass is 32.2. The summed E-state index contributed by atoms with van der Waals surface area (Å²) in [5.41, 5.74) is 0. The number of nitrogens with zero attached hydrogens (tertiary/aromatic N) is 1. The van der Waals surface area contributed by atoms with Crippen molar-refractivity contribution in [3.8, 4) is 0 Å². The third kappa shape index (κ3) is 6.97. The first-order valence-corrected chi connectivity index (χ1v) is 9.68. The van der Waals surface area contributed by atoms with Gasteiger partial charge in [0.1, 0.15) is 0 Å². The van der Waals surface area contributed by atoms with E-state index in [9.17, 15) is 13.5 Å². The average Bonchev–Trinajstić information content (AvgIpc) is 2.25. The van der Waals surface area contributed by atoms with Gasteiger partial charge in [-0.25, -0.2) is 12.7 Å². The number of aliphatic hydroxyl groups is 1. The van der Waals surface area contributed by atoms with E-state index in [0.29, 0.717) is 25.4 Å². The van der Waals surface area contributed by atoms with Crippen LogP contribution in [-0.4, -0.2) is 53.8 Å². The van der Waals surface area contributed by atoms with Crippen LogP contribution in [0, 0.1) is 5.92 Å². The van der Waals surface area contributed by atoms with Crippen LogP contribution in [0.5, 0.6) is 0 Å². The molecule has 0 saturated carbocycles. The molecule has 1 fully saturated rings. The number of hydrogen-bond donors (Lipinski definition) is 1. The van der Waals surface area contributed by atoms with Crippen LogP contribution >= 0.6 is 11.8 Å². The quantitative estimate of drug-likeness (QED) is 0.843. The van der Waals surface area contributed by atoms with Crippen molar-refractivity contribution in [3.63, 3.8) is 0 Å². The van der Waals surface area contributed by atoms with Gasteiger partial charge in [-0.1, -0.05) is 20.8 Å². The Labute approximate surface area is 122 Å². The summed E-state index contributed by atoms with van der Waals surface area (Å²) in [4.78, 5) is 0. The second-order valence-electron chi connectivity index (χ2n) is 6.44. The predicted molar refractivity (Wildman–Crippen MR) is 82.0 cm³/mol. The van der Waals surface area contributed by atoms with Gasteiger partial charge in [-0.2, -0.15) is 11.8 Å². The normalized spacial score (nSPS) is 24.4. The monoisotopic (exact) mass is 309 g/mol. The van der Waals surface area contributed by atoms with Crippen LogP contribution < -0.4 is 0 Å². The van der Waals surface area contributed by atoms with Gasteiger partial charge in [0.15, 0.2) is 0 Å². The van der Waals surface area contributed by atoms with E-state index in [4.69, 9.17) is 0 Å². The van der Waals surface area contributed by atoms with E-state index < -0.39 is 10.0 Å². The fourth-order valence-electron chi connectivity index (χ4n) is 2.32. The standard InChI is InChI=1S/C13H27NO3S2/c1-13(2,3)18-10-12(15)8-11-6-5-7-14(9-11)19(4,16)17/h11-12,15H,5-10H2,1-4H3. The zero-order valence-electron chi connectivity index (χ0n) is 12.4. The molecule has 0 aliphatic carbocycles. The van der Waals surface area contributed by atoms with Gasteiger partial charge in [0, 0.05) is 23.6 Å². The van der Waals surface area contributed by atoms with Crippen LogP contribution in [0.25, 0.3) is 0 Å². The maximum Gasteiger partial charge on any atom is 0.211 e. The van der Waals surface area contributed by atoms with Crippen molar-refractivity contribution in [2.24, 2.45) is 5.92 Å². The van der Waals surface area contributed by atoms with Crippen molar-refractivity contribution < 1.29 is 13.5 Å². The molecule has 4 nitrogen and oxygen atoms in total. The molecular weight excluding hydrogens is 282 g/mol. The van der Waals surface area contributed by atoms with Gasteiger partial charge in [-0.05, 0) is 25.2 Å². The van der Waals surface area contributed by atoms with Crippen LogP contribution in [0.2, 0.25) is 0 Å². The highest BCUT2D eigenvalue weighted by molar-refractivity contribution is 8.00. The molecule has 1 heterocycles. The lowest BCUT2D eigenvalue weighted by atomic mass is 9.94. The summed E-state index contributed by atoms with van der Waals surface area (Å²) in [6.07, 6.45) is 3.55. The molecule has 2 atom stereocenters. The summed E-state index contributed by atoms with van der Waals surface area (Å²) in [5, 5.41) is 10.1. The molecule has 19 heavy (non-hydrogen) atoms. The largest absolute Gasteiger partial charge is 0.392 e. The van der Waals surface area contributed by atoms with E-state index in [0.717, 1.165) is 18.6 Å². The van der Waals surface area contributed by atoms with Gasteiger partial charge in [0.2, 0.25) is 10.0 Å². The number of thioether (sulfide) groups is 1. The number of hydrogen-bond acceptors (Lipinski definition) is 4. The van der Waals surface area contributed by atoms with E-state index in [1.54, 1.807) is 16.1 Å². The molecule has 1 saturated heterocycles. The Kier molecular flexibility index (Phi) is 6.17. The fourth-order valence-corrected chi connectivity index (χ4v) is 4.09. The smallest absolute Gasteiger partial charge is 0.211 e. The van der Waals surface area contributed by atoms with E-state index in [2.05, 4.69) is 20.8 Å². The Bertz CT molecular complexity index is 376. The first-order chi connectivity index (χ1) is 8.58. The second kappa shape index (κ2) is 6.78. The van der Waals surface area contributed by atoms with Gasteiger partial charge in [0.25, 0.3) is 0 Å². The van der Waals surface area contributed by atoms with Gasteiger partial charge < -0.3 is 5.11 Å². The van der Waals surface area contributed by atoms with Gasteiger partial charge in [0.05, 0.1) is 12.4 Å². The number of piperidine rings is 1. The van der Waals surface area contributed by atoms with Crippen LogP contribution in [-0.2, 0) is 10.0 Å². The molecule has 2 unspecified atom stereocenters. The molecule has 0 radical (unpaired) electrons. The Morgan fingerprint density at radius 1 is 1.42 bits per heavy atom. The Hall–Kier alpha value is 0.220. The van der Waals surface area contributed by atoms with Crippen molar-refractivity contribution in [2.45, 2.75) is 50.9 Å². The fraction of sp³-hybridized carbons (Fsp3) is 1.00. The van der Waals surface area contributed by atoms with Gasteiger partial charge >= 0.3 is 0 Å². The molecule has 0 amide bonds. The summed E-state index contributed by atoms with van der Waals surface area (Å²) >= 11 is 1.75. The summed E-state index contributed by atoms with van der Waals surface area (Å²) in [6, 6.07) is 0. The minimum absolute atomic E-state index is 0.159.